The van der Waals surface area contributed by atoms with Crippen molar-refractivity contribution in [2.75, 3.05) is 0 Å². The Kier molecular flexibility index (Phi) is 8.40. The topological polar surface area (TPSA) is 0 Å². The molecule has 0 amide bonds. The van der Waals surface area contributed by atoms with E-state index in [0.29, 0.717) is 19.3 Å². The zero-order chi connectivity index (χ0) is 27.2. The second-order valence-corrected chi connectivity index (χ2v) is 9.18. The molecule has 0 atom stereocenters. The SMILES string of the molecule is FC(F)(F)c1ccc(CC(CCc2ccccc2)=C(Cc2ccc(C(F)(F)F)cc2)c2ccccc2)cc1. The zero-order valence-electron chi connectivity index (χ0n) is 20.5. The number of benzene rings is 4. The number of rotatable bonds is 8. The molecule has 6 heteroatoms. The van der Waals surface area contributed by atoms with Crippen LogP contribution in [0.1, 0.15) is 39.8 Å². The number of hydrogen-bond acceptors (Lipinski definition) is 0. The lowest BCUT2D eigenvalue weighted by Gasteiger charge is -2.18. The molecule has 4 aromatic rings. The summed E-state index contributed by atoms with van der Waals surface area (Å²) in [6.07, 6.45) is -6.64. The molecule has 0 aliphatic carbocycles. The van der Waals surface area contributed by atoms with Crippen LogP contribution in [0.2, 0.25) is 0 Å². The van der Waals surface area contributed by atoms with Crippen LogP contribution in [-0.4, -0.2) is 0 Å². The van der Waals surface area contributed by atoms with Gasteiger partial charge in [-0.25, -0.2) is 0 Å². The minimum atomic E-state index is -4.42. The highest BCUT2D eigenvalue weighted by molar-refractivity contribution is 5.71. The molecule has 0 saturated carbocycles. The predicted molar refractivity (Wildman–Crippen MR) is 138 cm³/mol. The molecule has 0 N–H and O–H groups in total. The van der Waals surface area contributed by atoms with Crippen LogP contribution < -0.4 is 0 Å². The molecule has 0 aromatic heterocycles. The highest BCUT2D eigenvalue weighted by Gasteiger charge is 2.30. The Bertz CT molecular complexity index is 1330. The van der Waals surface area contributed by atoms with E-state index < -0.39 is 23.5 Å². The Morgan fingerprint density at radius 3 is 1.39 bits per heavy atom. The van der Waals surface area contributed by atoms with Gasteiger partial charge in [0.1, 0.15) is 0 Å². The van der Waals surface area contributed by atoms with Crippen molar-refractivity contribution in [1.29, 1.82) is 0 Å². The van der Waals surface area contributed by atoms with Gasteiger partial charge in [-0.2, -0.15) is 26.3 Å². The van der Waals surface area contributed by atoms with E-state index in [1.165, 1.54) is 24.3 Å². The minimum Gasteiger partial charge on any atom is -0.166 e. The number of halogens is 6. The smallest absolute Gasteiger partial charge is 0.166 e. The summed E-state index contributed by atoms with van der Waals surface area (Å²) in [5.74, 6) is 0. The summed E-state index contributed by atoms with van der Waals surface area (Å²) >= 11 is 0. The zero-order valence-corrected chi connectivity index (χ0v) is 20.5. The van der Waals surface area contributed by atoms with Crippen molar-refractivity contribution in [3.8, 4) is 0 Å². The number of hydrogen-bond donors (Lipinski definition) is 0. The average Bonchev–Trinajstić information content (AvgIpc) is 2.90. The third-order valence-corrected chi connectivity index (χ3v) is 6.47. The molecule has 0 spiro atoms. The first-order valence-electron chi connectivity index (χ1n) is 12.2. The maximum atomic E-state index is 13.1. The molecule has 38 heavy (non-hydrogen) atoms. The van der Waals surface area contributed by atoms with Gasteiger partial charge in [0.25, 0.3) is 0 Å². The van der Waals surface area contributed by atoms with Crippen molar-refractivity contribution in [3.05, 3.63) is 148 Å². The summed E-state index contributed by atoms with van der Waals surface area (Å²) in [4.78, 5) is 0. The molecule has 0 radical (unpaired) electrons. The Labute approximate surface area is 218 Å². The van der Waals surface area contributed by atoms with Gasteiger partial charge in [-0.1, -0.05) is 90.5 Å². The molecule has 4 aromatic carbocycles. The van der Waals surface area contributed by atoms with E-state index in [2.05, 4.69) is 0 Å². The normalized spacial score (nSPS) is 12.8. The van der Waals surface area contributed by atoms with Crippen LogP contribution in [0.25, 0.3) is 5.57 Å². The first-order valence-corrected chi connectivity index (χ1v) is 12.2. The molecule has 0 aliphatic rings. The van der Waals surface area contributed by atoms with Crippen LogP contribution in [0.4, 0.5) is 26.3 Å². The summed E-state index contributed by atoms with van der Waals surface area (Å²) in [6.45, 7) is 0. The molecule has 196 valence electrons. The molecule has 4 rings (SSSR count). The number of allylic oxidation sites excluding steroid dienone is 2. The van der Waals surface area contributed by atoms with Crippen LogP contribution in [0.3, 0.4) is 0 Å². The van der Waals surface area contributed by atoms with Crippen LogP contribution in [-0.2, 0) is 31.6 Å². The maximum absolute atomic E-state index is 13.1. The fraction of sp³-hybridized carbons (Fsp3) is 0.188. The van der Waals surface area contributed by atoms with Crippen LogP contribution in [0, 0.1) is 0 Å². The Morgan fingerprint density at radius 2 is 0.921 bits per heavy atom. The second-order valence-electron chi connectivity index (χ2n) is 9.18. The molecule has 0 nitrogen and oxygen atoms in total. The van der Waals surface area contributed by atoms with Gasteiger partial charge < -0.3 is 0 Å². The van der Waals surface area contributed by atoms with Gasteiger partial charge in [-0.05, 0) is 77.8 Å². The van der Waals surface area contributed by atoms with Crippen molar-refractivity contribution in [2.24, 2.45) is 0 Å². The highest BCUT2D eigenvalue weighted by Crippen LogP contribution is 2.33. The quantitative estimate of drug-likeness (QED) is 0.201. The number of alkyl halides is 6. The van der Waals surface area contributed by atoms with Crippen LogP contribution in [0.5, 0.6) is 0 Å². The van der Waals surface area contributed by atoms with Gasteiger partial charge in [-0.3, -0.25) is 0 Å². The van der Waals surface area contributed by atoms with E-state index in [0.717, 1.165) is 64.1 Å². The lowest BCUT2D eigenvalue weighted by molar-refractivity contribution is -0.138. The summed E-state index contributed by atoms with van der Waals surface area (Å²) in [6, 6.07) is 29.8. The largest absolute Gasteiger partial charge is 0.416 e. The van der Waals surface area contributed by atoms with Crippen LogP contribution >= 0.6 is 0 Å². The Morgan fingerprint density at radius 1 is 0.474 bits per heavy atom. The van der Waals surface area contributed by atoms with Crippen molar-refractivity contribution < 1.29 is 26.3 Å². The van der Waals surface area contributed by atoms with Gasteiger partial charge in [0.15, 0.2) is 0 Å². The fourth-order valence-electron chi connectivity index (χ4n) is 4.43. The van der Waals surface area contributed by atoms with Crippen molar-refractivity contribution in [2.45, 2.75) is 38.0 Å². The molecule has 0 unspecified atom stereocenters. The van der Waals surface area contributed by atoms with E-state index >= 15 is 0 Å². The van der Waals surface area contributed by atoms with E-state index in [-0.39, 0.29) is 0 Å². The van der Waals surface area contributed by atoms with E-state index in [1.807, 2.05) is 60.7 Å². The lowest BCUT2D eigenvalue weighted by Crippen LogP contribution is -2.06. The first-order chi connectivity index (χ1) is 18.1. The predicted octanol–water partition coefficient (Wildman–Crippen LogP) is 9.60. The molecule has 0 fully saturated rings. The third kappa shape index (κ3) is 7.37. The molecule has 0 bridgehead atoms. The standard InChI is InChI=1S/C32H26F6/c33-31(34,35)28-17-12-24(13-18-28)21-27(16-11-23-7-3-1-4-8-23)30(26-9-5-2-6-10-26)22-25-14-19-29(20-15-25)32(36,37)38/h1-10,12-15,17-20H,11,16,21-22H2. The van der Waals surface area contributed by atoms with E-state index in [4.69, 9.17) is 0 Å². The summed E-state index contributed by atoms with van der Waals surface area (Å²) in [7, 11) is 0. The summed E-state index contributed by atoms with van der Waals surface area (Å²) in [5, 5.41) is 0. The Balaban J connectivity index is 1.74. The van der Waals surface area contributed by atoms with Crippen molar-refractivity contribution in [3.63, 3.8) is 0 Å². The van der Waals surface area contributed by atoms with E-state index in [9.17, 15) is 26.3 Å². The van der Waals surface area contributed by atoms with Gasteiger partial charge in [0.05, 0.1) is 11.1 Å². The first kappa shape index (κ1) is 27.2. The maximum Gasteiger partial charge on any atom is 0.416 e. The molecule has 0 saturated heterocycles. The lowest BCUT2D eigenvalue weighted by atomic mass is 9.87. The van der Waals surface area contributed by atoms with Gasteiger partial charge in [-0.15, -0.1) is 0 Å². The molecular weight excluding hydrogens is 498 g/mol. The summed E-state index contributed by atoms with van der Waals surface area (Å²) in [5.41, 5.74) is 4.09. The second kappa shape index (κ2) is 11.7. The average molecular weight is 525 g/mol. The van der Waals surface area contributed by atoms with Gasteiger partial charge >= 0.3 is 12.4 Å². The van der Waals surface area contributed by atoms with Crippen LogP contribution in [0.15, 0.2) is 115 Å². The summed E-state index contributed by atoms with van der Waals surface area (Å²) < 4.78 is 78.6. The number of aryl methyl sites for hydroxylation is 1. The third-order valence-electron chi connectivity index (χ3n) is 6.47. The Hall–Kier alpha value is -3.80. The van der Waals surface area contributed by atoms with Gasteiger partial charge in [0, 0.05) is 0 Å². The van der Waals surface area contributed by atoms with Gasteiger partial charge in [0.2, 0.25) is 0 Å². The molecule has 0 heterocycles. The van der Waals surface area contributed by atoms with Crippen molar-refractivity contribution in [1.82, 2.24) is 0 Å². The van der Waals surface area contributed by atoms with Crippen molar-refractivity contribution >= 4 is 5.57 Å². The monoisotopic (exact) mass is 524 g/mol. The minimum absolute atomic E-state index is 0.396. The molecule has 0 aliphatic heterocycles. The van der Waals surface area contributed by atoms with E-state index in [1.54, 1.807) is 0 Å². The fourth-order valence-corrected chi connectivity index (χ4v) is 4.43. The molecular formula is C32H26F6. The highest BCUT2D eigenvalue weighted by atomic mass is 19.4.